The van der Waals surface area contributed by atoms with Gasteiger partial charge in [0.25, 0.3) is 0 Å². The highest BCUT2D eigenvalue weighted by atomic mass is 16.3. The van der Waals surface area contributed by atoms with E-state index in [2.05, 4.69) is 37.4 Å². The lowest BCUT2D eigenvalue weighted by molar-refractivity contribution is -0.148. The van der Waals surface area contributed by atoms with Crippen LogP contribution in [-0.4, -0.2) is 22.7 Å². The van der Waals surface area contributed by atoms with Gasteiger partial charge in [-0.3, -0.25) is 4.79 Å². The van der Waals surface area contributed by atoms with Crippen LogP contribution in [0.15, 0.2) is 18.2 Å². The number of amides is 1. The van der Waals surface area contributed by atoms with Gasteiger partial charge in [0.05, 0.1) is 11.0 Å². The third kappa shape index (κ3) is 2.91. The lowest BCUT2D eigenvalue weighted by atomic mass is 9.52. The summed E-state index contributed by atoms with van der Waals surface area (Å²) in [5, 5.41) is 14.1. The van der Waals surface area contributed by atoms with Gasteiger partial charge in [-0.05, 0) is 83.1 Å². The van der Waals surface area contributed by atoms with Gasteiger partial charge in [0.15, 0.2) is 0 Å². The van der Waals surface area contributed by atoms with Crippen LogP contribution in [0.2, 0.25) is 0 Å². The van der Waals surface area contributed by atoms with Gasteiger partial charge >= 0.3 is 0 Å². The molecule has 2 atom stereocenters. The maximum absolute atomic E-state index is 13.2. The van der Waals surface area contributed by atoms with Gasteiger partial charge < -0.3 is 10.4 Å². The van der Waals surface area contributed by atoms with Crippen molar-refractivity contribution in [2.45, 2.75) is 76.9 Å². The Balaban J connectivity index is 1.54. The first kappa shape index (κ1) is 17.1. The number of aryl methyl sites for hydroxylation is 2. The molecule has 1 amide bonds. The smallest absolute Gasteiger partial charge is 0.230 e. The van der Waals surface area contributed by atoms with Gasteiger partial charge in [-0.15, -0.1) is 0 Å². The number of carbonyl (C=O) groups is 1. The van der Waals surface area contributed by atoms with E-state index in [4.69, 9.17) is 0 Å². The minimum absolute atomic E-state index is 0.127. The summed E-state index contributed by atoms with van der Waals surface area (Å²) in [6.07, 6.45) is 5.07. The van der Waals surface area contributed by atoms with Crippen LogP contribution >= 0.6 is 0 Å². The van der Waals surface area contributed by atoms with Gasteiger partial charge in [0, 0.05) is 6.04 Å². The van der Waals surface area contributed by atoms with Crippen molar-refractivity contribution < 1.29 is 9.90 Å². The number of benzene rings is 1. The monoisotopic (exact) mass is 341 g/mol. The van der Waals surface area contributed by atoms with Crippen molar-refractivity contribution in [3.8, 4) is 0 Å². The molecule has 0 aliphatic heterocycles. The highest BCUT2D eigenvalue weighted by molar-refractivity contribution is 5.87. The number of hydrogen-bond acceptors (Lipinski definition) is 2. The van der Waals surface area contributed by atoms with Crippen molar-refractivity contribution in [1.82, 2.24) is 5.32 Å². The molecule has 25 heavy (non-hydrogen) atoms. The van der Waals surface area contributed by atoms with E-state index >= 15 is 0 Å². The fourth-order valence-electron chi connectivity index (χ4n) is 6.02. The Hall–Kier alpha value is -1.35. The van der Waals surface area contributed by atoms with Crippen LogP contribution in [0.3, 0.4) is 0 Å². The second-order valence-electron chi connectivity index (χ2n) is 9.69. The number of carbonyl (C=O) groups excluding carboxylic acids is 1. The van der Waals surface area contributed by atoms with Gasteiger partial charge in [0.2, 0.25) is 5.91 Å². The predicted octanol–water partition coefficient (Wildman–Crippen LogP) is 3.64. The Kier molecular flexibility index (Phi) is 3.81. The molecule has 0 radical (unpaired) electrons. The van der Waals surface area contributed by atoms with Gasteiger partial charge in [-0.1, -0.05) is 29.3 Å². The molecule has 4 aliphatic carbocycles. The molecule has 5 rings (SSSR count). The van der Waals surface area contributed by atoms with Gasteiger partial charge in [-0.2, -0.15) is 0 Å². The van der Waals surface area contributed by atoms with Crippen molar-refractivity contribution in [2.24, 2.45) is 17.8 Å². The Labute approximate surface area is 151 Å². The summed E-state index contributed by atoms with van der Waals surface area (Å²) in [5.74, 6) is 1.70. The number of rotatable bonds is 3. The molecular weight excluding hydrogens is 310 g/mol. The summed E-state index contributed by atoms with van der Waals surface area (Å²) >= 11 is 0. The SMILES string of the molecule is Cc1cc(C)cc(C(C)(C)C(=O)NC2C3CC4CC2CC(O)(C4)C3)c1. The molecule has 1 aromatic carbocycles. The fourth-order valence-corrected chi connectivity index (χ4v) is 6.02. The molecule has 1 aromatic rings. The van der Waals surface area contributed by atoms with Crippen molar-refractivity contribution in [2.75, 3.05) is 0 Å². The summed E-state index contributed by atoms with van der Waals surface area (Å²) in [5.41, 5.74) is 2.51. The lowest BCUT2D eigenvalue weighted by Gasteiger charge is -2.58. The fraction of sp³-hybridized carbons (Fsp3) is 0.682. The molecule has 136 valence electrons. The lowest BCUT2D eigenvalue weighted by Crippen LogP contribution is -2.62. The van der Waals surface area contributed by atoms with E-state index < -0.39 is 11.0 Å². The highest BCUT2D eigenvalue weighted by Gasteiger charge is 2.55. The van der Waals surface area contributed by atoms with Crippen molar-refractivity contribution in [3.05, 3.63) is 34.9 Å². The largest absolute Gasteiger partial charge is 0.390 e. The van der Waals surface area contributed by atoms with Crippen LogP contribution < -0.4 is 5.32 Å². The third-order valence-electron chi connectivity index (χ3n) is 7.05. The highest BCUT2D eigenvalue weighted by Crippen LogP contribution is 2.55. The molecule has 2 N–H and O–H groups in total. The first-order chi connectivity index (χ1) is 11.7. The number of nitrogens with one attached hydrogen (secondary N) is 1. The second kappa shape index (κ2) is 5.57. The van der Waals surface area contributed by atoms with Crippen LogP contribution in [0.1, 0.15) is 62.6 Å². The van der Waals surface area contributed by atoms with Crippen LogP contribution in [0.4, 0.5) is 0 Å². The predicted molar refractivity (Wildman–Crippen MR) is 99.4 cm³/mol. The summed E-state index contributed by atoms with van der Waals surface area (Å²) in [7, 11) is 0. The average Bonchev–Trinajstić information content (AvgIpc) is 2.48. The normalized spacial score (nSPS) is 36.5. The minimum atomic E-state index is -0.539. The van der Waals surface area contributed by atoms with Crippen molar-refractivity contribution >= 4 is 5.91 Å². The Morgan fingerprint density at radius 1 is 1.08 bits per heavy atom. The van der Waals surface area contributed by atoms with Crippen molar-refractivity contribution in [3.63, 3.8) is 0 Å². The van der Waals surface area contributed by atoms with Crippen LogP contribution in [0.5, 0.6) is 0 Å². The third-order valence-corrected chi connectivity index (χ3v) is 7.05. The zero-order chi connectivity index (χ0) is 18.0. The quantitative estimate of drug-likeness (QED) is 0.882. The molecule has 4 bridgehead atoms. The molecule has 4 saturated carbocycles. The molecule has 0 heterocycles. The molecule has 4 aliphatic rings. The minimum Gasteiger partial charge on any atom is -0.390 e. The van der Waals surface area contributed by atoms with E-state index in [1.807, 2.05) is 13.8 Å². The van der Waals surface area contributed by atoms with Crippen LogP contribution in [0, 0.1) is 31.6 Å². The maximum Gasteiger partial charge on any atom is 0.230 e. The van der Waals surface area contributed by atoms with Crippen LogP contribution in [-0.2, 0) is 10.2 Å². The molecular formula is C22H31NO2. The summed E-state index contributed by atoms with van der Waals surface area (Å²) in [6, 6.07) is 6.66. The number of hydrogen-bond donors (Lipinski definition) is 2. The molecule has 4 fully saturated rings. The summed E-state index contributed by atoms with van der Waals surface area (Å²) < 4.78 is 0. The van der Waals surface area contributed by atoms with E-state index in [9.17, 15) is 9.90 Å². The molecule has 0 spiro atoms. The van der Waals surface area contributed by atoms with E-state index in [-0.39, 0.29) is 11.9 Å². The van der Waals surface area contributed by atoms with Gasteiger partial charge in [-0.25, -0.2) is 0 Å². The second-order valence-corrected chi connectivity index (χ2v) is 9.69. The number of aliphatic hydroxyl groups is 1. The first-order valence-electron chi connectivity index (χ1n) is 9.78. The standard InChI is InChI=1S/C22H31NO2/c1-13-5-14(2)7-18(6-13)21(3,4)20(24)23-19-16-8-15-9-17(19)12-22(25,10-15)11-16/h5-7,15-17,19,25H,8-12H2,1-4H3,(H,23,24). The Bertz CT molecular complexity index is 672. The molecule has 3 nitrogen and oxygen atoms in total. The molecule has 2 unspecified atom stereocenters. The Morgan fingerprint density at radius 3 is 2.16 bits per heavy atom. The zero-order valence-electron chi connectivity index (χ0n) is 15.9. The van der Waals surface area contributed by atoms with E-state index in [1.165, 1.54) is 24.0 Å². The molecule has 0 saturated heterocycles. The molecule has 0 aromatic heterocycles. The first-order valence-corrected chi connectivity index (χ1v) is 9.78. The zero-order valence-corrected chi connectivity index (χ0v) is 15.9. The van der Waals surface area contributed by atoms with E-state index in [0.29, 0.717) is 17.8 Å². The van der Waals surface area contributed by atoms with E-state index in [1.54, 1.807) is 0 Å². The summed E-state index contributed by atoms with van der Waals surface area (Å²) in [6.45, 7) is 8.23. The van der Waals surface area contributed by atoms with Crippen molar-refractivity contribution in [1.29, 1.82) is 0 Å². The van der Waals surface area contributed by atoms with Gasteiger partial charge in [0.1, 0.15) is 0 Å². The van der Waals surface area contributed by atoms with E-state index in [0.717, 1.165) is 24.8 Å². The average molecular weight is 341 g/mol. The topological polar surface area (TPSA) is 49.3 Å². The maximum atomic E-state index is 13.2. The van der Waals surface area contributed by atoms with Crippen LogP contribution in [0.25, 0.3) is 0 Å². The molecule has 3 heteroatoms. The Morgan fingerprint density at radius 2 is 1.64 bits per heavy atom. The summed E-state index contributed by atoms with van der Waals surface area (Å²) in [4.78, 5) is 13.2.